The van der Waals surface area contributed by atoms with Gasteiger partial charge in [-0.1, -0.05) is 5.92 Å². The molecule has 0 aromatic rings. The summed E-state index contributed by atoms with van der Waals surface area (Å²) in [7, 11) is 0. The van der Waals surface area contributed by atoms with Crippen molar-refractivity contribution in [1.29, 1.82) is 0 Å². The second-order valence-electron chi connectivity index (χ2n) is 5.03. The zero-order valence-corrected chi connectivity index (χ0v) is 9.54. The van der Waals surface area contributed by atoms with E-state index < -0.39 is 0 Å². The van der Waals surface area contributed by atoms with E-state index in [9.17, 15) is 0 Å². The fourth-order valence-corrected chi connectivity index (χ4v) is 2.43. The Morgan fingerprint density at radius 1 is 1.07 bits per heavy atom. The van der Waals surface area contributed by atoms with E-state index in [-0.39, 0.29) is 0 Å². The second-order valence-corrected chi connectivity index (χ2v) is 5.03. The van der Waals surface area contributed by atoms with Gasteiger partial charge in [-0.25, -0.2) is 0 Å². The first-order valence-electron chi connectivity index (χ1n) is 6.25. The van der Waals surface area contributed by atoms with Gasteiger partial charge in [0.1, 0.15) is 0 Å². The van der Waals surface area contributed by atoms with E-state index in [2.05, 4.69) is 16.1 Å². The van der Waals surface area contributed by atoms with Crippen molar-refractivity contribution < 1.29 is 0 Å². The summed E-state index contributed by atoms with van der Waals surface area (Å²) in [4.78, 5) is 2.49. The average molecular weight is 206 g/mol. The van der Waals surface area contributed by atoms with Crippen LogP contribution < -0.4 is 5.32 Å². The number of rotatable bonds is 5. The molecule has 0 radical (unpaired) electrons. The summed E-state index contributed by atoms with van der Waals surface area (Å²) in [5, 5.41) is 3.41. The predicted molar refractivity (Wildman–Crippen MR) is 63.6 cm³/mol. The number of hydrogen-bond acceptors (Lipinski definition) is 2. The number of piperidine rings is 1. The Labute approximate surface area is 93.4 Å². The third-order valence-corrected chi connectivity index (χ3v) is 3.50. The summed E-state index contributed by atoms with van der Waals surface area (Å²) in [6, 6.07) is 0. The smallest absolute Gasteiger partial charge is 0.0599 e. The van der Waals surface area contributed by atoms with Crippen LogP contribution in [0.15, 0.2) is 0 Å². The maximum absolute atomic E-state index is 5.43. The molecule has 0 amide bonds. The minimum absolute atomic E-state index is 0.848. The van der Waals surface area contributed by atoms with Gasteiger partial charge in [0.25, 0.3) is 0 Å². The van der Waals surface area contributed by atoms with Crippen molar-refractivity contribution in [3.8, 4) is 12.3 Å². The van der Waals surface area contributed by atoms with Crippen molar-refractivity contribution in [2.24, 2.45) is 11.8 Å². The molecule has 15 heavy (non-hydrogen) atoms. The predicted octanol–water partition coefficient (Wildman–Crippen LogP) is 1.33. The Kier molecular flexibility index (Phi) is 4.05. The Hall–Kier alpha value is -0.520. The lowest BCUT2D eigenvalue weighted by Gasteiger charge is -2.28. The third kappa shape index (κ3) is 3.85. The van der Waals surface area contributed by atoms with E-state index in [4.69, 9.17) is 6.42 Å². The van der Waals surface area contributed by atoms with Crippen molar-refractivity contribution in [3.05, 3.63) is 0 Å². The highest BCUT2D eigenvalue weighted by Gasteiger charge is 2.25. The normalized spacial score (nSPS) is 22.9. The summed E-state index contributed by atoms with van der Waals surface area (Å²) >= 11 is 0. The maximum Gasteiger partial charge on any atom is 0.0599 e. The van der Waals surface area contributed by atoms with Gasteiger partial charge in [-0.3, -0.25) is 4.90 Å². The molecule has 1 saturated carbocycles. The summed E-state index contributed by atoms with van der Waals surface area (Å²) in [6.45, 7) is 5.70. The van der Waals surface area contributed by atoms with Crippen LogP contribution in [0.4, 0.5) is 0 Å². The Morgan fingerprint density at radius 2 is 1.67 bits per heavy atom. The molecule has 0 atom stereocenters. The molecule has 0 bridgehead atoms. The first-order chi connectivity index (χ1) is 7.38. The molecule has 2 nitrogen and oxygen atoms in total. The molecule has 1 saturated heterocycles. The molecule has 1 heterocycles. The quantitative estimate of drug-likeness (QED) is 0.683. The molecule has 0 aromatic carbocycles. The lowest BCUT2D eigenvalue weighted by molar-refractivity contribution is 0.218. The van der Waals surface area contributed by atoms with Gasteiger partial charge in [-0.2, -0.15) is 0 Å². The molecule has 1 aliphatic heterocycles. The maximum atomic E-state index is 5.43. The zero-order chi connectivity index (χ0) is 10.5. The van der Waals surface area contributed by atoms with Gasteiger partial charge in [0.2, 0.25) is 0 Å². The minimum atomic E-state index is 0.848. The van der Waals surface area contributed by atoms with Gasteiger partial charge in [0.05, 0.1) is 6.54 Å². The summed E-state index contributed by atoms with van der Waals surface area (Å²) < 4.78 is 0. The van der Waals surface area contributed by atoms with Crippen molar-refractivity contribution >= 4 is 0 Å². The number of hydrogen-bond donors (Lipinski definition) is 1. The molecule has 84 valence electrons. The van der Waals surface area contributed by atoms with Crippen LogP contribution in [0, 0.1) is 24.2 Å². The topological polar surface area (TPSA) is 15.3 Å². The summed E-state index contributed by atoms with van der Waals surface area (Å²) in [5.41, 5.74) is 0. The molecule has 1 aliphatic carbocycles. The fraction of sp³-hybridized carbons (Fsp3) is 0.846. The monoisotopic (exact) mass is 206 g/mol. The lowest BCUT2D eigenvalue weighted by Crippen LogP contribution is -2.37. The number of terminal acetylenes is 1. The van der Waals surface area contributed by atoms with Crippen LogP contribution in [0.25, 0.3) is 0 Å². The lowest BCUT2D eigenvalue weighted by atomic mass is 9.97. The van der Waals surface area contributed by atoms with E-state index in [0.29, 0.717) is 0 Å². The van der Waals surface area contributed by atoms with Gasteiger partial charge in [-0.05, 0) is 50.6 Å². The van der Waals surface area contributed by atoms with Gasteiger partial charge in [0, 0.05) is 13.1 Å². The summed E-state index contributed by atoms with van der Waals surface area (Å²) in [5.74, 6) is 4.63. The van der Waals surface area contributed by atoms with Crippen LogP contribution in [-0.4, -0.2) is 37.6 Å². The molecule has 2 aliphatic rings. The summed E-state index contributed by atoms with van der Waals surface area (Å²) in [6.07, 6.45) is 10.9. The van der Waals surface area contributed by atoms with E-state index in [1.54, 1.807) is 0 Å². The first-order valence-corrected chi connectivity index (χ1v) is 6.25. The van der Waals surface area contributed by atoms with E-state index in [1.807, 2.05) is 0 Å². The van der Waals surface area contributed by atoms with Crippen LogP contribution in [0.2, 0.25) is 0 Å². The highest BCUT2D eigenvalue weighted by atomic mass is 15.1. The molecule has 0 unspecified atom stereocenters. The largest absolute Gasteiger partial charge is 0.317 e. The molecule has 2 rings (SSSR count). The first kappa shape index (κ1) is 11.0. The Morgan fingerprint density at radius 3 is 2.20 bits per heavy atom. The van der Waals surface area contributed by atoms with Crippen LogP contribution in [0.5, 0.6) is 0 Å². The van der Waals surface area contributed by atoms with Crippen molar-refractivity contribution in [3.63, 3.8) is 0 Å². The van der Waals surface area contributed by atoms with Gasteiger partial charge in [0.15, 0.2) is 0 Å². The fourth-order valence-electron chi connectivity index (χ4n) is 2.43. The van der Waals surface area contributed by atoms with E-state index in [1.165, 1.54) is 51.9 Å². The molecule has 2 fully saturated rings. The number of nitrogens with zero attached hydrogens (tertiary/aromatic N) is 1. The standard InChI is InChI=1S/C13H22N2/c1-2-9-15(10-12-3-4-12)11-13-5-7-14-8-6-13/h1,12-14H,3-11H2. The zero-order valence-electron chi connectivity index (χ0n) is 9.54. The van der Waals surface area contributed by atoms with Crippen molar-refractivity contribution in [2.75, 3.05) is 32.7 Å². The van der Waals surface area contributed by atoms with E-state index >= 15 is 0 Å². The van der Waals surface area contributed by atoms with Crippen LogP contribution in [0.3, 0.4) is 0 Å². The average Bonchev–Trinajstić information content (AvgIpc) is 3.03. The van der Waals surface area contributed by atoms with Crippen LogP contribution in [-0.2, 0) is 0 Å². The Balaban J connectivity index is 1.73. The third-order valence-electron chi connectivity index (χ3n) is 3.50. The molecule has 0 aromatic heterocycles. The van der Waals surface area contributed by atoms with E-state index in [0.717, 1.165) is 18.4 Å². The highest BCUT2D eigenvalue weighted by Crippen LogP contribution is 2.30. The molecular formula is C13H22N2. The SMILES string of the molecule is C#CCN(CC1CCNCC1)CC1CC1. The van der Waals surface area contributed by atoms with Gasteiger partial charge >= 0.3 is 0 Å². The van der Waals surface area contributed by atoms with Crippen molar-refractivity contribution in [2.45, 2.75) is 25.7 Å². The van der Waals surface area contributed by atoms with Crippen LogP contribution in [0.1, 0.15) is 25.7 Å². The van der Waals surface area contributed by atoms with Gasteiger partial charge in [-0.15, -0.1) is 6.42 Å². The molecule has 1 N–H and O–H groups in total. The minimum Gasteiger partial charge on any atom is -0.317 e. The highest BCUT2D eigenvalue weighted by molar-refractivity contribution is 4.91. The van der Waals surface area contributed by atoms with Gasteiger partial charge < -0.3 is 5.32 Å². The van der Waals surface area contributed by atoms with Crippen molar-refractivity contribution in [1.82, 2.24) is 10.2 Å². The van der Waals surface area contributed by atoms with Crippen LogP contribution >= 0.6 is 0 Å². The molecular weight excluding hydrogens is 184 g/mol. The second kappa shape index (κ2) is 5.53. The number of nitrogens with one attached hydrogen (secondary N) is 1. The molecule has 2 heteroatoms. The molecule has 0 spiro atoms. The Bertz CT molecular complexity index is 221.